The maximum absolute atomic E-state index is 5.43. The molecule has 24 heavy (non-hydrogen) atoms. The third-order valence-corrected chi connectivity index (χ3v) is 4.72. The molecule has 0 spiro atoms. The van der Waals surface area contributed by atoms with E-state index < -0.39 is 0 Å². The van der Waals surface area contributed by atoms with E-state index in [9.17, 15) is 0 Å². The molecule has 0 N–H and O–H groups in total. The van der Waals surface area contributed by atoms with E-state index in [4.69, 9.17) is 9.26 Å². The summed E-state index contributed by atoms with van der Waals surface area (Å²) in [6.45, 7) is 7.33. The van der Waals surface area contributed by atoms with Crippen LogP contribution >= 0.6 is 0 Å². The number of nitrogens with zero attached hydrogens (tertiary/aromatic N) is 6. The Morgan fingerprint density at radius 1 is 1.17 bits per heavy atom. The third kappa shape index (κ3) is 2.99. The zero-order valence-corrected chi connectivity index (χ0v) is 14.1. The number of anilines is 1. The summed E-state index contributed by atoms with van der Waals surface area (Å²) >= 11 is 0. The van der Waals surface area contributed by atoms with Gasteiger partial charge in [-0.3, -0.25) is 0 Å². The molecule has 0 saturated carbocycles. The van der Waals surface area contributed by atoms with E-state index in [0.717, 1.165) is 56.4 Å². The standard InChI is InChI=1S/C16H22N6O2/c1-11-13(15-19-14(20-24-15)12-3-8-23-10-12)9-17-16(18-11)22-6-4-21(2)5-7-22/h9,12H,3-8,10H2,1-2H3/t12-/m1/s1. The number of hydrogen-bond acceptors (Lipinski definition) is 8. The fourth-order valence-corrected chi connectivity index (χ4v) is 3.07. The largest absolute Gasteiger partial charge is 0.381 e. The van der Waals surface area contributed by atoms with Crippen molar-refractivity contribution in [2.24, 2.45) is 0 Å². The molecular weight excluding hydrogens is 308 g/mol. The molecule has 128 valence electrons. The van der Waals surface area contributed by atoms with Crippen molar-refractivity contribution in [1.29, 1.82) is 0 Å². The van der Waals surface area contributed by atoms with Crippen LogP contribution in [0.25, 0.3) is 11.5 Å². The van der Waals surface area contributed by atoms with Crippen LogP contribution in [0.1, 0.15) is 23.9 Å². The molecule has 0 unspecified atom stereocenters. The highest BCUT2D eigenvalue weighted by atomic mass is 16.5. The normalized spacial score (nSPS) is 22.2. The molecule has 2 aliphatic heterocycles. The Morgan fingerprint density at radius 3 is 2.71 bits per heavy atom. The third-order valence-electron chi connectivity index (χ3n) is 4.72. The van der Waals surface area contributed by atoms with Crippen molar-refractivity contribution in [2.75, 3.05) is 51.3 Å². The van der Waals surface area contributed by atoms with Gasteiger partial charge in [0.25, 0.3) is 5.89 Å². The fourth-order valence-electron chi connectivity index (χ4n) is 3.07. The van der Waals surface area contributed by atoms with E-state index in [0.29, 0.717) is 18.3 Å². The van der Waals surface area contributed by atoms with Crippen LogP contribution in [-0.4, -0.2) is 71.4 Å². The minimum Gasteiger partial charge on any atom is -0.381 e. The van der Waals surface area contributed by atoms with Gasteiger partial charge in [-0.15, -0.1) is 0 Å². The Hall–Kier alpha value is -2.06. The van der Waals surface area contributed by atoms with E-state index >= 15 is 0 Å². The monoisotopic (exact) mass is 330 g/mol. The Bertz CT molecular complexity index is 704. The second kappa shape index (κ2) is 6.45. The number of likely N-dealkylation sites (N-methyl/N-ethyl adjacent to an activating group) is 1. The van der Waals surface area contributed by atoms with Crippen LogP contribution in [0.4, 0.5) is 5.95 Å². The SMILES string of the molecule is Cc1nc(N2CCN(C)CC2)ncc1-c1nc([C@@H]2CCOC2)no1. The first-order chi connectivity index (χ1) is 11.7. The van der Waals surface area contributed by atoms with Gasteiger partial charge in [0.05, 0.1) is 17.9 Å². The van der Waals surface area contributed by atoms with Crippen LogP contribution in [0.2, 0.25) is 0 Å². The summed E-state index contributed by atoms with van der Waals surface area (Å²) in [7, 11) is 2.13. The molecule has 2 aromatic heterocycles. The predicted octanol–water partition coefficient (Wildman–Crippen LogP) is 1.09. The van der Waals surface area contributed by atoms with Crippen molar-refractivity contribution in [1.82, 2.24) is 25.0 Å². The molecule has 2 fully saturated rings. The van der Waals surface area contributed by atoms with Gasteiger partial charge in [-0.1, -0.05) is 5.16 Å². The molecule has 2 aromatic rings. The van der Waals surface area contributed by atoms with Crippen molar-refractivity contribution in [3.63, 3.8) is 0 Å². The molecule has 4 heterocycles. The average molecular weight is 330 g/mol. The summed E-state index contributed by atoms with van der Waals surface area (Å²) in [5.41, 5.74) is 1.65. The van der Waals surface area contributed by atoms with Gasteiger partial charge in [-0.2, -0.15) is 4.98 Å². The molecule has 4 rings (SSSR count). The highest BCUT2D eigenvalue weighted by Gasteiger charge is 2.24. The Morgan fingerprint density at radius 2 is 2.00 bits per heavy atom. The van der Waals surface area contributed by atoms with Gasteiger partial charge >= 0.3 is 0 Å². The van der Waals surface area contributed by atoms with E-state index in [1.807, 2.05) is 6.92 Å². The smallest absolute Gasteiger partial charge is 0.261 e. The number of ether oxygens (including phenoxy) is 1. The molecule has 2 saturated heterocycles. The van der Waals surface area contributed by atoms with Crippen LogP contribution in [-0.2, 0) is 4.74 Å². The Labute approximate surface area is 140 Å². The van der Waals surface area contributed by atoms with Crippen molar-refractivity contribution in [2.45, 2.75) is 19.3 Å². The van der Waals surface area contributed by atoms with Crippen molar-refractivity contribution >= 4 is 5.95 Å². The van der Waals surface area contributed by atoms with E-state index in [1.165, 1.54) is 0 Å². The lowest BCUT2D eigenvalue weighted by molar-refractivity contribution is 0.192. The summed E-state index contributed by atoms with van der Waals surface area (Å²) in [4.78, 5) is 18.2. The molecule has 0 radical (unpaired) electrons. The molecule has 1 atom stereocenters. The highest BCUT2D eigenvalue weighted by molar-refractivity contribution is 5.56. The number of aryl methyl sites for hydroxylation is 1. The van der Waals surface area contributed by atoms with Gasteiger partial charge in [0.15, 0.2) is 5.82 Å². The van der Waals surface area contributed by atoms with Gasteiger partial charge < -0.3 is 19.1 Å². The van der Waals surface area contributed by atoms with E-state index in [-0.39, 0.29) is 5.92 Å². The van der Waals surface area contributed by atoms with Crippen LogP contribution in [0.5, 0.6) is 0 Å². The molecular formula is C16H22N6O2. The van der Waals surface area contributed by atoms with Crippen molar-refractivity contribution in [3.8, 4) is 11.5 Å². The minimum absolute atomic E-state index is 0.230. The molecule has 0 aliphatic carbocycles. The van der Waals surface area contributed by atoms with Crippen LogP contribution in [0.3, 0.4) is 0 Å². The molecule has 2 aliphatic rings. The van der Waals surface area contributed by atoms with Crippen LogP contribution < -0.4 is 4.90 Å². The zero-order valence-electron chi connectivity index (χ0n) is 14.1. The van der Waals surface area contributed by atoms with Gasteiger partial charge in [-0.05, 0) is 20.4 Å². The molecule has 8 heteroatoms. The lowest BCUT2D eigenvalue weighted by Crippen LogP contribution is -2.45. The lowest BCUT2D eigenvalue weighted by atomic mass is 10.1. The van der Waals surface area contributed by atoms with Gasteiger partial charge in [0.1, 0.15) is 0 Å². The van der Waals surface area contributed by atoms with E-state index in [2.05, 4.69) is 37.0 Å². The van der Waals surface area contributed by atoms with Crippen molar-refractivity contribution in [3.05, 3.63) is 17.7 Å². The highest BCUT2D eigenvalue weighted by Crippen LogP contribution is 2.27. The molecule has 0 amide bonds. The fraction of sp³-hybridized carbons (Fsp3) is 0.625. The van der Waals surface area contributed by atoms with Crippen LogP contribution in [0, 0.1) is 6.92 Å². The number of aromatic nitrogens is 4. The summed E-state index contributed by atoms with van der Waals surface area (Å²) in [5, 5.41) is 4.10. The quantitative estimate of drug-likeness (QED) is 0.827. The summed E-state index contributed by atoms with van der Waals surface area (Å²) in [6.07, 6.45) is 2.73. The van der Waals surface area contributed by atoms with Crippen LogP contribution in [0.15, 0.2) is 10.7 Å². The van der Waals surface area contributed by atoms with Crippen molar-refractivity contribution < 1.29 is 9.26 Å². The summed E-state index contributed by atoms with van der Waals surface area (Å²) < 4.78 is 10.8. The molecule has 0 bridgehead atoms. The van der Waals surface area contributed by atoms with Gasteiger partial charge in [-0.25, -0.2) is 9.97 Å². The second-order valence-electron chi connectivity index (χ2n) is 6.48. The second-order valence-corrected chi connectivity index (χ2v) is 6.48. The number of piperazine rings is 1. The minimum atomic E-state index is 0.230. The average Bonchev–Trinajstić information content (AvgIpc) is 3.27. The first kappa shape index (κ1) is 15.5. The predicted molar refractivity (Wildman–Crippen MR) is 87.9 cm³/mol. The van der Waals surface area contributed by atoms with Gasteiger partial charge in [0.2, 0.25) is 5.95 Å². The Balaban J connectivity index is 1.53. The maximum Gasteiger partial charge on any atom is 0.261 e. The molecule has 0 aromatic carbocycles. The zero-order chi connectivity index (χ0) is 16.5. The number of hydrogen-bond donors (Lipinski definition) is 0. The molecule has 8 nitrogen and oxygen atoms in total. The van der Waals surface area contributed by atoms with E-state index in [1.54, 1.807) is 6.20 Å². The lowest BCUT2D eigenvalue weighted by Gasteiger charge is -2.32. The Kier molecular flexibility index (Phi) is 4.15. The topological polar surface area (TPSA) is 80.4 Å². The summed E-state index contributed by atoms with van der Waals surface area (Å²) in [6, 6.07) is 0. The maximum atomic E-state index is 5.43. The first-order valence-electron chi connectivity index (χ1n) is 8.39. The first-order valence-corrected chi connectivity index (χ1v) is 8.39. The summed E-state index contributed by atoms with van der Waals surface area (Å²) in [5.74, 6) is 2.20. The number of rotatable bonds is 3. The van der Waals surface area contributed by atoms with Gasteiger partial charge in [0, 0.05) is 44.9 Å².